The van der Waals surface area contributed by atoms with Crippen LogP contribution >= 0.6 is 15.9 Å². The van der Waals surface area contributed by atoms with Crippen molar-refractivity contribution in [3.8, 4) is 0 Å². The highest BCUT2D eigenvalue weighted by Gasteiger charge is 2.10. The Morgan fingerprint density at radius 1 is 1.73 bits per heavy atom. The number of aryl methyl sites for hydroxylation is 1. The molecular weight excluding hydrogens is 258 g/mol. The predicted octanol–water partition coefficient (Wildman–Crippen LogP) is 1.25. The first-order chi connectivity index (χ1) is 7.00. The van der Waals surface area contributed by atoms with Crippen LogP contribution in [0.1, 0.15) is 23.8 Å². The molecule has 1 atom stereocenters. The zero-order valence-electron chi connectivity index (χ0n) is 8.96. The van der Waals surface area contributed by atoms with E-state index in [0.717, 1.165) is 10.9 Å². The van der Waals surface area contributed by atoms with Crippen molar-refractivity contribution in [2.24, 2.45) is 12.8 Å². The summed E-state index contributed by atoms with van der Waals surface area (Å²) in [6.07, 6.45) is 2.64. The van der Waals surface area contributed by atoms with Gasteiger partial charge < -0.3 is 15.6 Å². The number of carbonyl (C=O) groups excluding carboxylic acids is 1. The van der Waals surface area contributed by atoms with E-state index in [1.807, 2.05) is 20.2 Å². The summed E-state index contributed by atoms with van der Waals surface area (Å²) in [5, 5.41) is 2.82. The summed E-state index contributed by atoms with van der Waals surface area (Å²) >= 11 is 3.32. The smallest absolute Gasteiger partial charge is 0.267 e. The van der Waals surface area contributed by atoms with Crippen LogP contribution in [0.4, 0.5) is 0 Å². The molecule has 0 saturated carbocycles. The largest absolute Gasteiger partial charge is 0.351 e. The predicted molar refractivity (Wildman–Crippen MR) is 63.7 cm³/mol. The Morgan fingerprint density at radius 3 is 2.87 bits per heavy atom. The van der Waals surface area contributed by atoms with E-state index in [2.05, 4.69) is 21.2 Å². The van der Waals surface area contributed by atoms with E-state index in [1.165, 1.54) is 0 Å². The SMILES string of the molecule is CC(N)CCNC(=O)c1cc(Br)cn1C. The Bertz CT molecular complexity index is 346. The fourth-order valence-electron chi connectivity index (χ4n) is 1.25. The van der Waals surface area contributed by atoms with Gasteiger partial charge in [0.15, 0.2) is 0 Å². The Kier molecular flexibility index (Phi) is 4.35. The van der Waals surface area contributed by atoms with Crippen LogP contribution in [0.15, 0.2) is 16.7 Å². The molecule has 1 unspecified atom stereocenters. The molecule has 84 valence electrons. The van der Waals surface area contributed by atoms with Gasteiger partial charge in [-0.1, -0.05) is 0 Å². The molecule has 0 aliphatic rings. The van der Waals surface area contributed by atoms with Gasteiger partial charge in [0.05, 0.1) is 0 Å². The highest BCUT2D eigenvalue weighted by Crippen LogP contribution is 2.13. The van der Waals surface area contributed by atoms with E-state index in [9.17, 15) is 4.79 Å². The zero-order chi connectivity index (χ0) is 11.4. The number of nitrogens with two attached hydrogens (primary N) is 1. The van der Waals surface area contributed by atoms with Gasteiger partial charge >= 0.3 is 0 Å². The topological polar surface area (TPSA) is 60.0 Å². The molecule has 0 aliphatic carbocycles. The first kappa shape index (κ1) is 12.3. The van der Waals surface area contributed by atoms with E-state index in [0.29, 0.717) is 12.2 Å². The summed E-state index contributed by atoms with van der Waals surface area (Å²) in [5.41, 5.74) is 6.23. The van der Waals surface area contributed by atoms with Crippen molar-refractivity contribution < 1.29 is 4.79 Å². The van der Waals surface area contributed by atoms with Gasteiger partial charge in [-0.05, 0) is 35.3 Å². The van der Waals surface area contributed by atoms with Gasteiger partial charge in [-0.3, -0.25) is 4.79 Å². The Labute approximate surface area is 98.0 Å². The number of aromatic nitrogens is 1. The van der Waals surface area contributed by atoms with Crippen LogP contribution in [-0.2, 0) is 7.05 Å². The molecule has 1 aromatic rings. The van der Waals surface area contributed by atoms with Crippen LogP contribution in [0, 0.1) is 0 Å². The Balaban J connectivity index is 2.50. The average Bonchev–Trinajstić information content (AvgIpc) is 2.44. The monoisotopic (exact) mass is 273 g/mol. The highest BCUT2D eigenvalue weighted by atomic mass is 79.9. The van der Waals surface area contributed by atoms with Gasteiger partial charge in [0, 0.05) is 30.3 Å². The molecule has 0 aromatic carbocycles. The van der Waals surface area contributed by atoms with E-state index >= 15 is 0 Å². The first-order valence-electron chi connectivity index (χ1n) is 4.86. The van der Waals surface area contributed by atoms with Crippen LogP contribution in [-0.4, -0.2) is 23.1 Å². The number of amides is 1. The second-order valence-corrected chi connectivity index (χ2v) is 4.59. The minimum Gasteiger partial charge on any atom is -0.351 e. The van der Waals surface area contributed by atoms with Crippen LogP contribution in [0.2, 0.25) is 0 Å². The molecule has 0 radical (unpaired) electrons. The fourth-order valence-corrected chi connectivity index (χ4v) is 1.78. The lowest BCUT2D eigenvalue weighted by Gasteiger charge is -2.07. The lowest BCUT2D eigenvalue weighted by Crippen LogP contribution is -2.29. The molecule has 1 aromatic heterocycles. The van der Waals surface area contributed by atoms with Crippen LogP contribution in [0.3, 0.4) is 0 Å². The number of rotatable bonds is 4. The van der Waals surface area contributed by atoms with Gasteiger partial charge in [0.25, 0.3) is 5.91 Å². The van der Waals surface area contributed by atoms with Gasteiger partial charge in [0.1, 0.15) is 5.69 Å². The maximum atomic E-state index is 11.7. The molecule has 1 heterocycles. The van der Waals surface area contributed by atoms with Crippen molar-refractivity contribution in [2.75, 3.05) is 6.54 Å². The van der Waals surface area contributed by atoms with Crippen molar-refractivity contribution in [3.63, 3.8) is 0 Å². The maximum absolute atomic E-state index is 11.7. The van der Waals surface area contributed by atoms with Gasteiger partial charge in [0.2, 0.25) is 0 Å². The number of halogens is 1. The number of nitrogens with one attached hydrogen (secondary N) is 1. The summed E-state index contributed by atoms with van der Waals surface area (Å²) in [7, 11) is 1.84. The standard InChI is InChI=1S/C10H16BrN3O/c1-7(12)3-4-13-10(15)9-5-8(11)6-14(9)2/h5-7H,3-4,12H2,1-2H3,(H,13,15). The van der Waals surface area contributed by atoms with Gasteiger partial charge in [-0.15, -0.1) is 0 Å². The summed E-state index contributed by atoms with van der Waals surface area (Å²) < 4.78 is 2.69. The molecule has 0 fully saturated rings. The molecule has 1 rings (SSSR count). The average molecular weight is 274 g/mol. The molecule has 0 bridgehead atoms. The minimum atomic E-state index is -0.0659. The lowest BCUT2D eigenvalue weighted by atomic mass is 10.2. The maximum Gasteiger partial charge on any atom is 0.267 e. The molecule has 0 aliphatic heterocycles. The van der Waals surface area contributed by atoms with Crippen LogP contribution in [0.5, 0.6) is 0 Å². The summed E-state index contributed by atoms with van der Waals surface area (Å²) in [5.74, 6) is -0.0659. The number of hydrogen-bond donors (Lipinski definition) is 2. The number of hydrogen-bond acceptors (Lipinski definition) is 2. The second-order valence-electron chi connectivity index (χ2n) is 3.68. The van der Waals surface area contributed by atoms with Crippen molar-refractivity contribution in [3.05, 3.63) is 22.4 Å². The third-order valence-corrected chi connectivity index (χ3v) is 2.52. The zero-order valence-corrected chi connectivity index (χ0v) is 10.5. The fraction of sp³-hybridized carbons (Fsp3) is 0.500. The molecule has 3 N–H and O–H groups in total. The highest BCUT2D eigenvalue weighted by molar-refractivity contribution is 9.10. The molecule has 5 heteroatoms. The third kappa shape index (κ3) is 3.68. The molecule has 0 spiro atoms. The van der Waals surface area contributed by atoms with Crippen LogP contribution in [0.25, 0.3) is 0 Å². The summed E-state index contributed by atoms with van der Waals surface area (Å²) in [6, 6.07) is 1.91. The molecule has 1 amide bonds. The first-order valence-corrected chi connectivity index (χ1v) is 5.65. The normalized spacial score (nSPS) is 12.5. The van der Waals surface area contributed by atoms with E-state index in [-0.39, 0.29) is 11.9 Å². The summed E-state index contributed by atoms with van der Waals surface area (Å²) in [6.45, 7) is 2.53. The van der Waals surface area contributed by atoms with Crippen molar-refractivity contribution in [1.29, 1.82) is 0 Å². The second kappa shape index (κ2) is 5.32. The Hall–Kier alpha value is -0.810. The van der Waals surface area contributed by atoms with E-state index in [4.69, 9.17) is 5.73 Å². The van der Waals surface area contributed by atoms with E-state index in [1.54, 1.807) is 10.6 Å². The van der Waals surface area contributed by atoms with Gasteiger partial charge in [-0.2, -0.15) is 0 Å². The van der Waals surface area contributed by atoms with E-state index < -0.39 is 0 Å². The number of nitrogens with zero attached hydrogens (tertiary/aromatic N) is 1. The molecule has 0 saturated heterocycles. The van der Waals surface area contributed by atoms with Crippen LogP contribution < -0.4 is 11.1 Å². The molecule has 4 nitrogen and oxygen atoms in total. The molecule has 15 heavy (non-hydrogen) atoms. The van der Waals surface area contributed by atoms with Crippen molar-refractivity contribution in [2.45, 2.75) is 19.4 Å². The van der Waals surface area contributed by atoms with Crippen molar-refractivity contribution >= 4 is 21.8 Å². The quantitative estimate of drug-likeness (QED) is 0.868. The molecular formula is C10H16BrN3O. The lowest BCUT2D eigenvalue weighted by molar-refractivity contribution is 0.0944. The van der Waals surface area contributed by atoms with Gasteiger partial charge in [-0.25, -0.2) is 0 Å². The Morgan fingerprint density at radius 2 is 2.40 bits per heavy atom. The minimum absolute atomic E-state index is 0.0659. The van der Waals surface area contributed by atoms with Crippen molar-refractivity contribution in [1.82, 2.24) is 9.88 Å². The number of carbonyl (C=O) groups is 1. The third-order valence-electron chi connectivity index (χ3n) is 2.09. The summed E-state index contributed by atoms with van der Waals surface area (Å²) in [4.78, 5) is 11.7.